The van der Waals surface area contributed by atoms with Gasteiger partial charge in [0.2, 0.25) is 12.6 Å². The van der Waals surface area contributed by atoms with E-state index in [-0.39, 0.29) is 12.4 Å². The van der Waals surface area contributed by atoms with Crippen molar-refractivity contribution < 1.29 is 24.2 Å². The molecule has 0 bridgehead atoms. The highest BCUT2D eigenvalue weighted by molar-refractivity contribution is 7.17. The Morgan fingerprint density at radius 3 is 2.57 bits per heavy atom. The molecule has 37 heavy (non-hydrogen) atoms. The minimum Gasteiger partial charge on any atom is -0.503 e. The lowest BCUT2D eigenvalue weighted by molar-refractivity contribution is -0.117. The predicted molar refractivity (Wildman–Crippen MR) is 140 cm³/mol. The van der Waals surface area contributed by atoms with Crippen molar-refractivity contribution in [1.82, 2.24) is 4.98 Å². The third-order valence-electron chi connectivity index (χ3n) is 6.47. The van der Waals surface area contributed by atoms with Gasteiger partial charge in [-0.2, -0.15) is 0 Å². The molecule has 6 rings (SSSR count). The number of ketones is 1. The van der Waals surface area contributed by atoms with Crippen molar-refractivity contribution in [3.8, 4) is 22.1 Å². The van der Waals surface area contributed by atoms with E-state index in [2.05, 4.69) is 4.98 Å². The molecule has 0 fully saturated rings. The first-order chi connectivity index (χ1) is 17.9. The molecule has 0 spiro atoms. The van der Waals surface area contributed by atoms with Crippen LogP contribution in [0.2, 0.25) is 0 Å². The zero-order valence-electron chi connectivity index (χ0n) is 20.1. The van der Waals surface area contributed by atoms with Crippen LogP contribution < -0.4 is 14.4 Å². The lowest BCUT2D eigenvalue weighted by atomic mass is 9.94. The standard InChI is InChI=1S/C29H22N2O5S/c1-16-7-6-10-19(13-16)24-23(25(32)27-17(2)30-28(37-27)18-8-4-3-5-9-18)26(33)29(34)31(24)20-11-12-21-22(14-20)36-15-35-21/h3-14,24,33H,15H2,1-2H3. The smallest absolute Gasteiger partial charge is 0.294 e. The van der Waals surface area contributed by atoms with Crippen LogP contribution >= 0.6 is 11.3 Å². The first kappa shape index (κ1) is 23.0. The van der Waals surface area contributed by atoms with E-state index >= 15 is 0 Å². The fourth-order valence-corrected chi connectivity index (χ4v) is 5.75. The van der Waals surface area contributed by atoms with E-state index in [1.807, 2.05) is 61.5 Å². The van der Waals surface area contributed by atoms with E-state index in [1.165, 1.54) is 16.2 Å². The summed E-state index contributed by atoms with van der Waals surface area (Å²) in [6.07, 6.45) is 0. The number of hydrogen-bond acceptors (Lipinski definition) is 7. The second-order valence-electron chi connectivity index (χ2n) is 8.92. The molecule has 1 atom stereocenters. The number of fused-ring (bicyclic) bond motifs is 1. The lowest BCUT2D eigenvalue weighted by Gasteiger charge is -2.27. The zero-order valence-corrected chi connectivity index (χ0v) is 20.9. The van der Waals surface area contributed by atoms with Gasteiger partial charge in [-0.25, -0.2) is 4.98 Å². The van der Waals surface area contributed by atoms with Crippen LogP contribution in [-0.4, -0.2) is 28.6 Å². The number of anilines is 1. The van der Waals surface area contributed by atoms with Gasteiger partial charge >= 0.3 is 0 Å². The molecule has 2 aliphatic rings. The van der Waals surface area contributed by atoms with Gasteiger partial charge < -0.3 is 14.6 Å². The predicted octanol–water partition coefficient (Wildman–Crippen LogP) is 5.94. The van der Waals surface area contributed by atoms with Gasteiger partial charge in [-0.15, -0.1) is 11.3 Å². The second kappa shape index (κ2) is 8.90. The van der Waals surface area contributed by atoms with Crippen molar-refractivity contribution in [2.45, 2.75) is 19.9 Å². The van der Waals surface area contributed by atoms with E-state index in [1.54, 1.807) is 25.1 Å². The third kappa shape index (κ3) is 3.86. The number of thiazole rings is 1. The normalized spacial score (nSPS) is 16.5. The van der Waals surface area contributed by atoms with Crippen molar-refractivity contribution in [1.29, 1.82) is 0 Å². The molecular formula is C29H22N2O5S. The number of aliphatic hydroxyl groups is 1. The van der Waals surface area contributed by atoms with Gasteiger partial charge in [0.05, 0.1) is 22.2 Å². The highest BCUT2D eigenvalue weighted by Crippen LogP contribution is 2.45. The summed E-state index contributed by atoms with van der Waals surface area (Å²) in [5.41, 5.74) is 3.64. The van der Waals surface area contributed by atoms with E-state index in [9.17, 15) is 14.7 Å². The largest absolute Gasteiger partial charge is 0.503 e. The van der Waals surface area contributed by atoms with E-state index in [4.69, 9.17) is 9.47 Å². The summed E-state index contributed by atoms with van der Waals surface area (Å²) in [5.74, 6) is -0.566. The first-order valence-corrected chi connectivity index (χ1v) is 12.5. The molecule has 3 aromatic carbocycles. The summed E-state index contributed by atoms with van der Waals surface area (Å²) in [7, 11) is 0. The first-order valence-electron chi connectivity index (χ1n) is 11.7. The zero-order chi connectivity index (χ0) is 25.7. The molecule has 184 valence electrons. The molecule has 1 N–H and O–H groups in total. The molecule has 7 nitrogen and oxygen atoms in total. The van der Waals surface area contributed by atoms with E-state index in [0.29, 0.717) is 38.3 Å². The molecular weight excluding hydrogens is 488 g/mol. The molecule has 1 aromatic heterocycles. The lowest BCUT2D eigenvalue weighted by Crippen LogP contribution is -2.31. The van der Waals surface area contributed by atoms with Crippen molar-refractivity contribution in [3.05, 3.63) is 106 Å². The van der Waals surface area contributed by atoms with Crippen LogP contribution in [0.15, 0.2) is 84.1 Å². The Balaban J connectivity index is 1.47. The number of benzene rings is 3. The number of rotatable bonds is 5. The van der Waals surface area contributed by atoms with E-state index in [0.717, 1.165) is 11.1 Å². The Kier molecular flexibility index (Phi) is 5.53. The molecule has 8 heteroatoms. The van der Waals surface area contributed by atoms with Crippen LogP contribution in [-0.2, 0) is 4.79 Å². The number of aryl methyl sites for hydroxylation is 2. The number of aromatic nitrogens is 1. The molecule has 1 amide bonds. The van der Waals surface area contributed by atoms with Gasteiger partial charge in [0, 0.05) is 17.3 Å². The molecule has 1 unspecified atom stereocenters. The summed E-state index contributed by atoms with van der Waals surface area (Å²) >= 11 is 1.25. The molecule has 0 aliphatic carbocycles. The van der Waals surface area contributed by atoms with Crippen molar-refractivity contribution in [3.63, 3.8) is 0 Å². The fourth-order valence-electron chi connectivity index (χ4n) is 4.73. The van der Waals surface area contributed by atoms with Gasteiger partial charge in [0.1, 0.15) is 5.01 Å². The maximum atomic E-state index is 14.0. The summed E-state index contributed by atoms with van der Waals surface area (Å²) in [4.78, 5) is 34.0. The molecule has 3 heterocycles. The SMILES string of the molecule is Cc1cccc(C2C(C(=O)c3sc(-c4ccccc4)nc3C)=C(O)C(=O)N2c2ccc3c(c2)OCO3)c1. The van der Waals surface area contributed by atoms with Crippen LogP contribution in [0.3, 0.4) is 0 Å². The van der Waals surface area contributed by atoms with Crippen molar-refractivity contribution in [2.24, 2.45) is 0 Å². The maximum absolute atomic E-state index is 14.0. The Bertz CT molecular complexity index is 1590. The summed E-state index contributed by atoms with van der Waals surface area (Å²) in [5, 5.41) is 11.8. The Morgan fingerprint density at radius 2 is 1.78 bits per heavy atom. The molecule has 0 saturated carbocycles. The van der Waals surface area contributed by atoms with Crippen molar-refractivity contribution in [2.75, 3.05) is 11.7 Å². The number of ether oxygens (including phenoxy) is 2. The highest BCUT2D eigenvalue weighted by Gasteiger charge is 2.45. The number of hydrogen-bond donors (Lipinski definition) is 1. The average Bonchev–Trinajstić information content (AvgIpc) is 3.60. The fraction of sp³-hybridized carbons (Fsp3) is 0.138. The number of carbonyl (C=O) groups excluding carboxylic acids is 2. The van der Waals surface area contributed by atoms with Gasteiger partial charge in [-0.1, -0.05) is 60.2 Å². The van der Waals surface area contributed by atoms with Gasteiger partial charge in [0.25, 0.3) is 5.91 Å². The number of amides is 1. The minimum atomic E-state index is -0.832. The Morgan fingerprint density at radius 1 is 1.00 bits per heavy atom. The number of carbonyl (C=O) groups is 2. The maximum Gasteiger partial charge on any atom is 0.294 e. The van der Waals surface area contributed by atoms with Gasteiger partial charge in [0.15, 0.2) is 17.3 Å². The highest BCUT2D eigenvalue weighted by atomic mass is 32.1. The number of aliphatic hydroxyl groups excluding tert-OH is 1. The average molecular weight is 511 g/mol. The molecule has 2 aliphatic heterocycles. The van der Waals surface area contributed by atoms with Crippen LogP contribution in [0.4, 0.5) is 5.69 Å². The quantitative estimate of drug-likeness (QED) is 0.334. The number of nitrogens with zero attached hydrogens (tertiary/aromatic N) is 2. The van der Waals surface area contributed by atoms with E-state index < -0.39 is 23.5 Å². The minimum absolute atomic E-state index is 0.0274. The van der Waals surface area contributed by atoms with Crippen LogP contribution in [0.5, 0.6) is 11.5 Å². The second-order valence-corrected chi connectivity index (χ2v) is 9.92. The Labute approximate surface area is 217 Å². The van der Waals surface area contributed by atoms with Gasteiger partial charge in [-0.3, -0.25) is 14.5 Å². The summed E-state index contributed by atoms with van der Waals surface area (Å²) in [6, 6.07) is 21.5. The monoisotopic (exact) mass is 510 g/mol. The summed E-state index contributed by atoms with van der Waals surface area (Å²) < 4.78 is 10.9. The van der Waals surface area contributed by atoms with Gasteiger partial charge in [-0.05, 0) is 31.5 Å². The van der Waals surface area contributed by atoms with Crippen molar-refractivity contribution >= 4 is 28.7 Å². The number of Topliss-reactive ketones (excluding diaryl/α,β-unsaturated/α-hetero) is 1. The molecule has 0 radical (unpaired) electrons. The Hall–Kier alpha value is -4.43. The van der Waals surface area contributed by atoms with Crippen LogP contribution in [0.25, 0.3) is 10.6 Å². The van der Waals surface area contributed by atoms with Crippen LogP contribution in [0, 0.1) is 13.8 Å². The summed E-state index contributed by atoms with van der Waals surface area (Å²) in [6.45, 7) is 3.80. The molecule has 4 aromatic rings. The third-order valence-corrected chi connectivity index (χ3v) is 7.67. The van der Waals surface area contributed by atoms with Crippen LogP contribution in [0.1, 0.15) is 32.5 Å². The molecule has 0 saturated heterocycles. The topological polar surface area (TPSA) is 89.0 Å².